The van der Waals surface area contributed by atoms with Crippen LogP contribution in [0.1, 0.15) is 5.56 Å². The second-order valence-electron chi connectivity index (χ2n) is 3.97. The van der Waals surface area contributed by atoms with Crippen molar-refractivity contribution in [3.8, 4) is 0 Å². The summed E-state index contributed by atoms with van der Waals surface area (Å²) in [4.78, 5) is 6.43. The first-order valence-electron chi connectivity index (χ1n) is 5.48. The quantitative estimate of drug-likeness (QED) is 0.335. The van der Waals surface area contributed by atoms with Gasteiger partial charge in [-0.1, -0.05) is 11.2 Å². The van der Waals surface area contributed by atoms with Gasteiger partial charge in [-0.15, -0.1) is 0 Å². The van der Waals surface area contributed by atoms with E-state index in [9.17, 15) is 0 Å². The molecule has 1 unspecified atom stereocenters. The number of ether oxygens (including phenoxy) is 1. The molecule has 0 bridgehead atoms. The van der Waals surface area contributed by atoms with E-state index in [0.717, 1.165) is 17.9 Å². The minimum absolute atomic E-state index is 0.100. The first-order chi connectivity index (χ1) is 8.22. The van der Waals surface area contributed by atoms with Gasteiger partial charge < -0.3 is 20.6 Å². The Morgan fingerprint density at radius 3 is 3.24 bits per heavy atom. The third-order valence-corrected chi connectivity index (χ3v) is 2.79. The Morgan fingerprint density at radius 1 is 1.71 bits per heavy atom. The molecule has 0 spiro atoms. The highest BCUT2D eigenvalue weighted by atomic mass is 16.5. The summed E-state index contributed by atoms with van der Waals surface area (Å²) in [6.45, 7) is 3.86. The summed E-state index contributed by atoms with van der Waals surface area (Å²) in [6.07, 6.45) is 1.38. The number of nitrogens with zero attached hydrogens (tertiary/aromatic N) is 3. The maximum absolute atomic E-state index is 8.65. The third kappa shape index (κ3) is 2.47. The molecule has 2 heterocycles. The van der Waals surface area contributed by atoms with Crippen LogP contribution >= 0.6 is 0 Å². The van der Waals surface area contributed by atoms with E-state index < -0.39 is 0 Å². The van der Waals surface area contributed by atoms with E-state index in [4.69, 9.17) is 15.7 Å². The number of hydrogen-bond acceptors (Lipinski definition) is 5. The highest BCUT2D eigenvalue weighted by Gasteiger charge is 2.25. The van der Waals surface area contributed by atoms with Crippen LogP contribution < -0.4 is 10.6 Å². The number of anilines is 1. The topological polar surface area (TPSA) is 84.0 Å². The first kappa shape index (κ1) is 11.7. The summed E-state index contributed by atoms with van der Waals surface area (Å²) >= 11 is 0. The number of pyridine rings is 1. The van der Waals surface area contributed by atoms with Gasteiger partial charge in [0.05, 0.1) is 13.2 Å². The van der Waals surface area contributed by atoms with Crippen LogP contribution in [0.3, 0.4) is 0 Å². The normalized spacial score (nSPS) is 21.6. The van der Waals surface area contributed by atoms with Crippen LogP contribution in [0.2, 0.25) is 0 Å². The van der Waals surface area contributed by atoms with Crippen LogP contribution in [-0.4, -0.2) is 41.8 Å². The molecule has 0 radical (unpaired) electrons. The predicted molar refractivity (Wildman–Crippen MR) is 64.3 cm³/mol. The molecule has 1 aliphatic heterocycles. The molecule has 6 nitrogen and oxygen atoms in total. The Balaban J connectivity index is 2.15. The fourth-order valence-corrected chi connectivity index (χ4v) is 1.89. The fraction of sp³-hybridized carbons (Fsp3) is 0.455. The minimum atomic E-state index is -0.379. The number of aromatic nitrogens is 1. The van der Waals surface area contributed by atoms with Crippen LogP contribution in [-0.2, 0) is 4.74 Å². The maximum atomic E-state index is 8.65. The smallest absolute Gasteiger partial charge is 0.170 e. The summed E-state index contributed by atoms with van der Waals surface area (Å²) in [7, 11) is 0. The van der Waals surface area contributed by atoms with E-state index in [-0.39, 0.29) is 11.9 Å². The van der Waals surface area contributed by atoms with Gasteiger partial charge in [-0.05, 0) is 18.6 Å². The molecule has 1 atom stereocenters. The van der Waals surface area contributed by atoms with Crippen molar-refractivity contribution in [1.82, 2.24) is 4.98 Å². The lowest BCUT2D eigenvalue weighted by atomic mass is 10.2. The summed E-state index contributed by atoms with van der Waals surface area (Å²) in [5, 5.41) is 11.6. The average Bonchev–Trinajstić information content (AvgIpc) is 2.38. The molecule has 0 saturated carbocycles. The first-order valence-corrected chi connectivity index (χ1v) is 5.48. The van der Waals surface area contributed by atoms with Gasteiger partial charge in [0.25, 0.3) is 0 Å². The van der Waals surface area contributed by atoms with E-state index >= 15 is 0 Å². The molecule has 2 rings (SSSR count). The molecule has 1 aromatic heterocycles. The maximum Gasteiger partial charge on any atom is 0.170 e. The van der Waals surface area contributed by atoms with Gasteiger partial charge in [0.1, 0.15) is 11.9 Å². The van der Waals surface area contributed by atoms with Gasteiger partial charge in [0.15, 0.2) is 5.84 Å². The van der Waals surface area contributed by atoms with Crippen LogP contribution in [0.4, 0.5) is 5.82 Å². The Hall–Kier alpha value is -1.82. The third-order valence-electron chi connectivity index (χ3n) is 2.79. The lowest BCUT2D eigenvalue weighted by Gasteiger charge is -2.33. The molecule has 1 aromatic rings. The standard InChI is InChI=1S/C11H16N4O2/c1-8-3-2-4-13-11(8)15-5-6-17-9(7-15)10(12)14-16/h2-4,9,16H,5-7H2,1H3,(H2,12,14). The number of rotatable bonds is 2. The molecule has 0 aromatic carbocycles. The van der Waals surface area contributed by atoms with Gasteiger partial charge in [0, 0.05) is 12.7 Å². The van der Waals surface area contributed by atoms with Gasteiger partial charge >= 0.3 is 0 Å². The predicted octanol–water partition coefficient (Wildman–Crippen LogP) is 0.342. The van der Waals surface area contributed by atoms with Crippen LogP contribution in [0.15, 0.2) is 23.5 Å². The lowest BCUT2D eigenvalue weighted by Crippen LogP contribution is -2.49. The summed E-state index contributed by atoms with van der Waals surface area (Å²) in [5.74, 6) is 1.02. The zero-order chi connectivity index (χ0) is 12.3. The van der Waals surface area contributed by atoms with Crippen molar-refractivity contribution in [2.45, 2.75) is 13.0 Å². The zero-order valence-corrected chi connectivity index (χ0v) is 9.71. The van der Waals surface area contributed by atoms with E-state index in [2.05, 4.69) is 15.0 Å². The Kier molecular flexibility index (Phi) is 3.43. The Morgan fingerprint density at radius 2 is 2.53 bits per heavy atom. The zero-order valence-electron chi connectivity index (χ0n) is 9.71. The fourth-order valence-electron chi connectivity index (χ4n) is 1.89. The second-order valence-corrected chi connectivity index (χ2v) is 3.97. The molecule has 1 saturated heterocycles. The molecule has 17 heavy (non-hydrogen) atoms. The summed E-state index contributed by atoms with van der Waals surface area (Å²) in [5.41, 5.74) is 6.66. The van der Waals surface area contributed by atoms with E-state index in [0.29, 0.717) is 13.2 Å². The molecular formula is C11H16N4O2. The average molecular weight is 236 g/mol. The molecular weight excluding hydrogens is 220 g/mol. The molecule has 0 aliphatic carbocycles. The van der Waals surface area contributed by atoms with Crippen molar-refractivity contribution < 1.29 is 9.94 Å². The van der Waals surface area contributed by atoms with E-state index in [1.54, 1.807) is 6.20 Å². The number of morpholine rings is 1. The van der Waals surface area contributed by atoms with Crippen molar-refractivity contribution in [1.29, 1.82) is 0 Å². The summed E-state index contributed by atoms with van der Waals surface area (Å²) in [6, 6.07) is 3.91. The Labute approximate surface area is 99.7 Å². The van der Waals surface area contributed by atoms with Crippen LogP contribution in [0, 0.1) is 6.92 Å². The molecule has 3 N–H and O–H groups in total. The SMILES string of the molecule is Cc1cccnc1N1CCOC(C(N)=NO)C1. The number of amidine groups is 1. The highest BCUT2D eigenvalue weighted by Crippen LogP contribution is 2.18. The molecule has 0 amide bonds. The largest absolute Gasteiger partial charge is 0.409 e. The van der Waals surface area contributed by atoms with Crippen molar-refractivity contribution in [2.24, 2.45) is 10.9 Å². The Bertz CT molecular complexity index is 422. The van der Waals surface area contributed by atoms with Gasteiger partial charge in [-0.3, -0.25) is 0 Å². The number of aryl methyl sites for hydroxylation is 1. The van der Waals surface area contributed by atoms with Crippen LogP contribution in [0.5, 0.6) is 0 Å². The highest BCUT2D eigenvalue weighted by molar-refractivity contribution is 5.85. The van der Waals surface area contributed by atoms with Crippen molar-refractivity contribution in [3.63, 3.8) is 0 Å². The van der Waals surface area contributed by atoms with Gasteiger partial charge in [0.2, 0.25) is 0 Å². The second kappa shape index (κ2) is 5.01. The van der Waals surface area contributed by atoms with Crippen molar-refractivity contribution in [2.75, 3.05) is 24.6 Å². The number of nitrogens with two attached hydrogens (primary N) is 1. The molecule has 92 valence electrons. The lowest BCUT2D eigenvalue weighted by molar-refractivity contribution is 0.0803. The summed E-state index contributed by atoms with van der Waals surface area (Å²) < 4.78 is 5.44. The minimum Gasteiger partial charge on any atom is -0.409 e. The number of hydrogen-bond donors (Lipinski definition) is 2. The molecule has 1 aliphatic rings. The molecule has 6 heteroatoms. The van der Waals surface area contributed by atoms with E-state index in [1.807, 2.05) is 19.1 Å². The van der Waals surface area contributed by atoms with Crippen LogP contribution in [0.25, 0.3) is 0 Å². The molecule has 1 fully saturated rings. The van der Waals surface area contributed by atoms with Gasteiger partial charge in [-0.25, -0.2) is 4.98 Å². The van der Waals surface area contributed by atoms with Crippen molar-refractivity contribution >= 4 is 11.7 Å². The van der Waals surface area contributed by atoms with Gasteiger partial charge in [-0.2, -0.15) is 0 Å². The monoisotopic (exact) mass is 236 g/mol. The van der Waals surface area contributed by atoms with E-state index in [1.165, 1.54) is 0 Å². The number of oxime groups is 1. The van der Waals surface area contributed by atoms with Crippen molar-refractivity contribution in [3.05, 3.63) is 23.9 Å².